The predicted octanol–water partition coefficient (Wildman–Crippen LogP) is 2.00. The highest BCUT2D eigenvalue weighted by molar-refractivity contribution is 9.09. The number of nitrogens with zero attached hydrogens (tertiary/aromatic N) is 1. The zero-order valence-corrected chi connectivity index (χ0v) is 13.9. The minimum Gasteiger partial charge on any atom is -0.302 e. The van der Waals surface area contributed by atoms with E-state index in [9.17, 15) is 8.42 Å². The molecule has 0 atom stereocenters. The lowest BCUT2D eigenvalue weighted by Gasteiger charge is -2.14. The smallest absolute Gasteiger partial charge is 0.240 e. The van der Waals surface area contributed by atoms with Gasteiger partial charge in [-0.15, -0.1) is 0 Å². The van der Waals surface area contributed by atoms with E-state index in [4.69, 9.17) is 0 Å². The van der Waals surface area contributed by atoms with Crippen molar-refractivity contribution in [3.8, 4) is 0 Å². The second-order valence-corrected chi connectivity index (χ2v) is 7.59. The summed E-state index contributed by atoms with van der Waals surface area (Å²) in [5.41, 5.74) is 1.14. The van der Waals surface area contributed by atoms with Crippen LogP contribution in [0, 0.1) is 0 Å². The number of nitrogens with one attached hydrogen (secondary N) is 1. The van der Waals surface area contributed by atoms with Gasteiger partial charge in [-0.1, -0.05) is 28.1 Å². The van der Waals surface area contributed by atoms with Gasteiger partial charge in [-0.05, 0) is 50.0 Å². The summed E-state index contributed by atoms with van der Waals surface area (Å²) in [5.74, 6) is 0. The SMILES string of the molecule is O=S(=O)(NCCN1CCCC1)c1ccc(CCBr)cc1. The molecule has 6 heteroatoms. The molecule has 2 rings (SSSR count). The Labute approximate surface area is 129 Å². The van der Waals surface area contributed by atoms with Crippen molar-refractivity contribution < 1.29 is 8.42 Å². The van der Waals surface area contributed by atoms with Crippen molar-refractivity contribution in [2.45, 2.75) is 24.2 Å². The summed E-state index contributed by atoms with van der Waals surface area (Å²) in [6.45, 7) is 3.44. The Bertz CT molecular complexity index is 510. The molecule has 20 heavy (non-hydrogen) atoms. The van der Waals surface area contributed by atoms with Crippen molar-refractivity contribution in [3.05, 3.63) is 29.8 Å². The minimum atomic E-state index is -3.37. The lowest BCUT2D eigenvalue weighted by atomic mass is 10.2. The third-order valence-electron chi connectivity index (χ3n) is 3.54. The second-order valence-electron chi connectivity index (χ2n) is 5.03. The van der Waals surface area contributed by atoms with Crippen molar-refractivity contribution in [3.63, 3.8) is 0 Å². The van der Waals surface area contributed by atoms with E-state index in [-0.39, 0.29) is 0 Å². The molecular weight excluding hydrogens is 340 g/mol. The van der Waals surface area contributed by atoms with E-state index >= 15 is 0 Å². The van der Waals surface area contributed by atoms with Gasteiger partial charge in [0, 0.05) is 18.4 Å². The quantitative estimate of drug-likeness (QED) is 0.756. The largest absolute Gasteiger partial charge is 0.302 e. The first-order valence-corrected chi connectivity index (χ1v) is 9.59. The molecule has 0 amide bonds. The number of hydrogen-bond acceptors (Lipinski definition) is 3. The van der Waals surface area contributed by atoms with Crippen LogP contribution in [0.25, 0.3) is 0 Å². The minimum absolute atomic E-state index is 0.345. The molecule has 1 aromatic carbocycles. The van der Waals surface area contributed by atoms with Gasteiger partial charge < -0.3 is 4.90 Å². The molecule has 4 nitrogen and oxygen atoms in total. The Morgan fingerprint density at radius 1 is 1.15 bits per heavy atom. The summed E-state index contributed by atoms with van der Waals surface area (Å²) < 4.78 is 26.9. The fraction of sp³-hybridized carbons (Fsp3) is 0.571. The Morgan fingerprint density at radius 3 is 2.40 bits per heavy atom. The maximum Gasteiger partial charge on any atom is 0.240 e. The van der Waals surface area contributed by atoms with Crippen LogP contribution < -0.4 is 4.72 Å². The molecule has 0 bridgehead atoms. The Morgan fingerprint density at radius 2 is 1.80 bits per heavy atom. The first-order valence-electron chi connectivity index (χ1n) is 6.99. The van der Waals surface area contributed by atoms with Crippen LogP contribution in [0.3, 0.4) is 0 Å². The van der Waals surface area contributed by atoms with Gasteiger partial charge in [0.15, 0.2) is 0 Å². The molecule has 1 fully saturated rings. The summed E-state index contributed by atoms with van der Waals surface area (Å²) in [4.78, 5) is 2.64. The average molecular weight is 361 g/mol. The summed E-state index contributed by atoms with van der Waals surface area (Å²) >= 11 is 3.38. The van der Waals surface area contributed by atoms with Crippen LogP contribution in [-0.2, 0) is 16.4 Å². The molecule has 1 aliphatic rings. The highest BCUT2D eigenvalue weighted by Crippen LogP contribution is 2.12. The normalized spacial score (nSPS) is 16.6. The van der Waals surface area contributed by atoms with Crippen molar-refractivity contribution >= 4 is 26.0 Å². The second kappa shape index (κ2) is 7.54. The molecular formula is C14H21BrN2O2S. The van der Waals surface area contributed by atoms with E-state index < -0.39 is 10.0 Å². The van der Waals surface area contributed by atoms with Gasteiger partial charge in [0.1, 0.15) is 0 Å². The van der Waals surface area contributed by atoms with Gasteiger partial charge in [-0.25, -0.2) is 13.1 Å². The fourth-order valence-electron chi connectivity index (χ4n) is 2.37. The van der Waals surface area contributed by atoms with Crippen LogP contribution in [0.1, 0.15) is 18.4 Å². The summed E-state index contributed by atoms with van der Waals surface area (Å²) in [7, 11) is -3.37. The van der Waals surface area contributed by atoms with Crippen molar-refractivity contribution in [2.75, 3.05) is 31.5 Å². The van der Waals surface area contributed by atoms with Gasteiger partial charge in [-0.2, -0.15) is 0 Å². The van der Waals surface area contributed by atoms with Gasteiger partial charge in [0.05, 0.1) is 4.90 Å². The zero-order chi connectivity index (χ0) is 14.4. The first-order chi connectivity index (χ1) is 9.62. The third-order valence-corrected chi connectivity index (χ3v) is 5.41. The number of sulfonamides is 1. The van der Waals surface area contributed by atoms with Crippen LogP contribution in [-0.4, -0.2) is 44.8 Å². The molecule has 112 valence electrons. The first kappa shape index (κ1) is 15.9. The molecule has 0 spiro atoms. The van der Waals surface area contributed by atoms with E-state index in [1.807, 2.05) is 12.1 Å². The Hall–Kier alpha value is -0.430. The number of benzene rings is 1. The molecule has 1 saturated heterocycles. The number of halogens is 1. The molecule has 0 unspecified atom stereocenters. The van der Waals surface area contributed by atoms with Crippen LogP contribution in [0.15, 0.2) is 29.2 Å². The lowest BCUT2D eigenvalue weighted by molar-refractivity contribution is 0.344. The van der Waals surface area contributed by atoms with E-state index in [0.717, 1.165) is 36.9 Å². The summed E-state index contributed by atoms with van der Waals surface area (Å²) in [6.07, 6.45) is 3.35. The maximum atomic E-state index is 12.1. The van der Waals surface area contributed by atoms with Crippen LogP contribution in [0.5, 0.6) is 0 Å². The molecule has 1 heterocycles. The van der Waals surface area contributed by atoms with E-state index in [1.165, 1.54) is 12.8 Å². The molecule has 1 aliphatic heterocycles. The molecule has 0 saturated carbocycles. The van der Waals surface area contributed by atoms with Gasteiger partial charge in [-0.3, -0.25) is 0 Å². The number of rotatable bonds is 7. The molecule has 0 radical (unpaired) electrons. The van der Waals surface area contributed by atoms with Crippen LogP contribution in [0.4, 0.5) is 0 Å². The summed E-state index contributed by atoms with van der Waals surface area (Å²) in [5, 5.41) is 0.882. The molecule has 0 aliphatic carbocycles. The standard InChI is InChI=1S/C14H21BrN2O2S/c15-8-7-13-3-5-14(6-4-13)20(18,19)16-9-12-17-10-1-2-11-17/h3-6,16H,1-2,7-12H2. The van der Waals surface area contributed by atoms with Gasteiger partial charge in [0.25, 0.3) is 0 Å². The maximum absolute atomic E-state index is 12.1. The highest BCUT2D eigenvalue weighted by atomic mass is 79.9. The topological polar surface area (TPSA) is 49.4 Å². The molecule has 1 aromatic rings. The lowest BCUT2D eigenvalue weighted by Crippen LogP contribution is -2.33. The number of hydrogen-bond donors (Lipinski definition) is 1. The fourth-order valence-corrected chi connectivity index (χ4v) is 3.85. The van der Waals surface area contributed by atoms with Crippen LogP contribution in [0.2, 0.25) is 0 Å². The average Bonchev–Trinajstić information content (AvgIpc) is 2.93. The van der Waals surface area contributed by atoms with Crippen molar-refractivity contribution in [1.29, 1.82) is 0 Å². The number of likely N-dealkylation sites (tertiary alicyclic amines) is 1. The highest BCUT2D eigenvalue weighted by Gasteiger charge is 2.15. The van der Waals surface area contributed by atoms with Crippen molar-refractivity contribution in [2.24, 2.45) is 0 Å². The predicted molar refractivity (Wildman–Crippen MR) is 84.8 cm³/mol. The van der Waals surface area contributed by atoms with E-state index in [0.29, 0.717) is 11.4 Å². The van der Waals surface area contributed by atoms with Crippen molar-refractivity contribution in [1.82, 2.24) is 9.62 Å². The van der Waals surface area contributed by atoms with Gasteiger partial charge >= 0.3 is 0 Å². The van der Waals surface area contributed by atoms with E-state index in [1.54, 1.807) is 12.1 Å². The van der Waals surface area contributed by atoms with Gasteiger partial charge in [0.2, 0.25) is 10.0 Å². The molecule has 1 N–H and O–H groups in total. The van der Waals surface area contributed by atoms with E-state index in [2.05, 4.69) is 25.6 Å². The Balaban J connectivity index is 1.88. The number of alkyl halides is 1. The third kappa shape index (κ3) is 4.55. The molecule has 0 aromatic heterocycles. The zero-order valence-electron chi connectivity index (χ0n) is 11.5. The number of aryl methyl sites for hydroxylation is 1. The van der Waals surface area contributed by atoms with Crippen LogP contribution >= 0.6 is 15.9 Å². The monoisotopic (exact) mass is 360 g/mol. The summed E-state index contributed by atoms with van der Waals surface area (Å²) in [6, 6.07) is 7.10. The Kier molecular flexibility index (Phi) is 6.01.